The molecule has 1 aliphatic carbocycles. The molecule has 178 valence electrons. The zero-order valence-electron chi connectivity index (χ0n) is 19.3. The standard InChI is InChI=1S/C25H35F3N2O2/c1-16(2)24(9-6-21(13-24)29-22-8-11-32-15-17(22)3)23(31)30-10-7-18-4-5-20(25(26,27)28)12-19(18)14-30/h4-5,12,16-17,21-22,29H,6-11,13-15H2,1-3H3/t17?,21?,22?,24-/m0/s1. The molecule has 0 bridgehead atoms. The normalized spacial score (nSPS) is 31.1. The van der Waals surface area contributed by atoms with Crippen molar-refractivity contribution in [2.45, 2.75) is 77.7 Å². The van der Waals surface area contributed by atoms with Crippen molar-refractivity contribution in [3.05, 3.63) is 34.9 Å². The molecule has 32 heavy (non-hydrogen) atoms. The number of nitrogens with zero attached hydrogens (tertiary/aromatic N) is 1. The molecule has 4 rings (SSSR count). The van der Waals surface area contributed by atoms with E-state index in [1.807, 2.05) is 4.90 Å². The van der Waals surface area contributed by atoms with Crippen molar-refractivity contribution in [3.63, 3.8) is 0 Å². The zero-order valence-corrected chi connectivity index (χ0v) is 19.3. The van der Waals surface area contributed by atoms with E-state index in [0.29, 0.717) is 36.5 Å². The van der Waals surface area contributed by atoms with Gasteiger partial charge in [0, 0.05) is 31.8 Å². The number of halogens is 3. The average Bonchev–Trinajstić information content (AvgIpc) is 3.19. The topological polar surface area (TPSA) is 41.6 Å². The molecule has 4 atom stereocenters. The SMILES string of the molecule is CC1COCCC1NC1CC[C@@](C(=O)N2CCc3ccc(C(F)(F)F)cc3C2)(C(C)C)C1. The van der Waals surface area contributed by atoms with E-state index in [1.54, 1.807) is 6.07 Å². The molecule has 4 nitrogen and oxygen atoms in total. The smallest absolute Gasteiger partial charge is 0.381 e. The molecule has 2 heterocycles. The van der Waals surface area contributed by atoms with Gasteiger partial charge in [0.25, 0.3) is 0 Å². The second-order valence-electron chi connectivity index (χ2n) is 10.3. The number of nitrogens with one attached hydrogen (secondary N) is 1. The summed E-state index contributed by atoms with van der Waals surface area (Å²) in [4.78, 5) is 15.6. The Balaban J connectivity index is 1.48. The predicted molar refractivity (Wildman–Crippen MR) is 117 cm³/mol. The Morgan fingerprint density at radius 1 is 1.25 bits per heavy atom. The van der Waals surface area contributed by atoms with E-state index in [4.69, 9.17) is 4.74 Å². The van der Waals surface area contributed by atoms with E-state index in [9.17, 15) is 18.0 Å². The van der Waals surface area contributed by atoms with Crippen LogP contribution in [0.5, 0.6) is 0 Å². The summed E-state index contributed by atoms with van der Waals surface area (Å²) in [5, 5.41) is 3.80. The highest BCUT2D eigenvalue weighted by atomic mass is 19.4. The largest absolute Gasteiger partial charge is 0.416 e. The second-order valence-corrected chi connectivity index (χ2v) is 10.3. The molecule has 0 radical (unpaired) electrons. The number of carbonyl (C=O) groups is 1. The highest BCUT2D eigenvalue weighted by Crippen LogP contribution is 2.47. The molecule has 2 fully saturated rings. The minimum atomic E-state index is -4.37. The predicted octanol–water partition coefficient (Wildman–Crippen LogP) is 4.80. The van der Waals surface area contributed by atoms with Crippen molar-refractivity contribution in [1.82, 2.24) is 10.2 Å². The van der Waals surface area contributed by atoms with E-state index in [1.165, 1.54) is 6.07 Å². The lowest BCUT2D eigenvalue weighted by atomic mass is 9.73. The van der Waals surface area contributed by atoms with E-state index in [2.05, 4.69) is 26.1 Å². The van der Waals surface area contributed by atoms with Gasteiger partial charge in [-0.2, -0.15) is 13.2 Å². The molecule has 7 heteroatoms. The van der Waals surface area contributed by atoms with Crippen molar-refractivity contribution in [1.29, 1.82) is 0 Å². The maximum atomic E-state index is 13.8. The van der Waals surface area contributed by atoms with E-state index in [0.717, 1.165) is 50.5 Å². The van der Waals surface area contributed by atoms with Gasteiger partial charge in [-0.15, -0.1) is 0 Å². The van der Waals surface area contributed by atoms with Crippen LogP contribution in [0.1, 0.15) is 63.1 Å². The molecule has 0 aromatic heterocycles. The van der Waals surface area contributed by atoms with Gasteiger partial charge in [-0.25, -0.2) is 0 Å². The van der Waals surface area contributed by atoms with E-state index in [-0.39, 0.29) is 18.4 Å². The Labute approximate surface area is 188 Å². The number of fused-ring (bicyclic) bond motifs is 1. The van der Waals surface area contributed by atoms with Gasteiger partial charge in [0.15, 0.2) is 0 Å². The summed E-state index contributed by atoms with van der Waals surface area (Å²) in [6.45, 7) is 8.80. The zero-order chi connectivity index (χ0) is 23.1. The third kappa shape index (κ3) is 4.56. The molecule has 1 aromatic rings. The van der Waals surface area contributed by atoms with Crippen molar-refractivity contribution in [3.8, 4) is 0 Å². The molecule has 1 saturated carbocycles. The van der Waals surface area contributed by atoms with Crippen LogP contribution in [0, 0.1) is 17.3 Å². The minimum Gasteiger partial charge on any atom is -0.381 e. The fourth-order valence-corrected chi connectivity index (χ4v) is 5.84. The molecule has 3 aliphatic rings. The Bertz CT molecular complexity index is 841. The number of alkyl halides is 3. The minimum absolute atomic E-state index is 0.111. The molecule has 1 amide bonds. The number of ether oxygens (including phenoxy) is 1. The summed E-state index contributed by atoms with van der Waals surface area (Å²) in [6.07, 6.45) is -0.202. The van der Waals surface area contributed by atoms with Crippen LogP contribution in [0.2, 0.25) is 0 Å². The van der Waals surface area contributed by atoms with Gasteiger partial charge in [-0.1, -0.05) is 26.8 Å². The van der Waals surface area contributed by atoms with Crippen LogP contribution in [0.3, 0.4) is 0 Å². The second kappa shape index (κ2) is 8.98. The first-order chi connectivity index (χ1) is 15.1. The Morgan fingerprint density at radius 2 is 2.03 bits per heavy atom. The number of rotatable bonds is 4. The fraction of sp³-hybridized carbons (Fsp3) is 0.720. The number of carbonyl (C=O) groups excluding carboxylic acids is 1. The van der Waals surface area contributed by atoms with Gasteiger partial charge in [0.1, 0.15) is 0 Å². The van der Waals surface area contributed by atoms with Gasteiger partial charge in [0.2, 0.25) is 5.91 Å². The van der Waals surface area contributed by atoms with Crippen LogP contribution in [0.25, 0.3) is 0 Å². The lowest BCUT2D eigenvalue weighted by Gasteiger charge is -2.40. The first kappa shape index (κ1) is 23.6. The Kier molecular flexibility index (Phi) is 6.61. The first-order valence-corrected chi connectivity index (χ1v) is 11.9. The monoisotopic (exact) mass is 452 g/mol. The maximum Gasteiger partial charge on any atom is 0.416 e. The summed E-state index contributed by atoms with van der Waals surface area (Å²) in [5.41, 5.74) is 0.451. The van der Waals surface area contributed by atoms with Gasteiger partial charge >= 0.3 is 6.18 Å². The number of amides is 1. The maximum absolute atomic E-state index is 13.8. The van der Waals surface area contributed by atoms with E-state index < -0.39 is 17.2 Å². The van der Waals surface area contributed by atoms with Crippen molar-refractivity contribution < 1.29 is 22.7 Å². The highest BCUT2D eigenvalue weighted by Gasteiger charge is 2.50. The molecule has 1 aromatic carbocycles. The van der Waals surface area contributed by atoms with Gasteiger partial charge in [-0.05, 0) is 67.2 Å². The molecule has 1 N–H and O–H groups in total. The van der Waals surface area contributed by atoms with Crippen LogP contribution >= 0.6 is 0 Å². The summed E-state index contributed by atoms with van der Waals surface area (Å²) in [7, 11) is 0. The first-order valence-electron chi connectivity index (χ1n) is 11.9. The van der Waals surface area contributed by atoms with E-state index >= 15 is 0 Å². The Hall–Kier alpha value is -1.60. The lowest BCUT2D eigenvalue weighted by molar-refractivity contribution is -0.145. The van der Waals surface area contributed by atoms with Crippen molar-refractivity contribution in [2.24, 2.45) is 17.3 Å². The lowest BCUT2D eigenvalue weighted by Crippen LogP contribution is -2.49. The number of benzene rings is 1. The van der Waals surface area contributed by atoms with Gasteiger partial charge < -0.3 is 15.0 Å². The van der Waals surface area contributed by atoms with Crippen LogP contribution < -0.4 is 5.32 Å². The quantitative estimate of drug-likeness (QED) is 0.714. The summed E-state index contributed by atoms with van der Waals surface area (Å²) < 4.78 is 45.1. The molecule has 1 saturated heterocycles. The van der Waals surface area contributed by atoms with Gasteiger partial charge in [-0.3, -0.25) is 4.79 Å². The molecule has 2 aliphatic heterocycles. The molecular weight excluding hydrogens is 417 g/mol. The van der Waals surface area contributed by atoms with Gasteiger partial charge in [0.05, 0.1) is 17.6 Å². The number of hydrogen-bond donors (Lipinski definition) is 1. The summed E-state index contributed by atoms with van der Waals surface area (Å²) >= 11 is 0. The van der Waals surface area contributed by atoms with Crippen LogP contribution in [0.15, 0.2) is 18.2 Å². The average molecular weight is 453 g/mol. The fourth-order valence-electron chi connectivity index (χ4n) is 5.84. The third-order valence-corrected chi connectivity index (χ3v) is 8.00. The number of hydrogen-bond acceptors (Lipinski definition) is 3. The van der Waals surface area contributed by atoms with Crippen molar-refractivity contribution in [2.75, 3.05) is 19.8 Å². The van der Waals surface area contributed by atoms with Crippen LogP contribution in [-0.4, -0.2) is 42.6 Å². The van der Waals surface area contributed by atoms with Crippen LogP contribution in [-0.2, 0) is 28.7 Å². The Morgan fingerprint density at radius 3 is 2.72 bits per heavy atom. The van der Waals surface area contributed by atoms with Crippen molar-refractivity contribution >= 4 is 5.91 Å². The summed E-state index contributed by atoms with van der Waals surface area (Å²) in [5.74, 6) is 0.742. The molecule has 0 spiro atoms. The van der Waals surface area contributed by atoms with Crippen LogP contribution in [0.4, 0.5) is 13.2 Å². The third-order valence-electron chi connectivity index (χ3n) is 8.00. The highest BCUT2D eigenvalue weighted by molar-refractivity contribution is 5.84. The molecular formula is C25H35F3N2O2. The summed E-state index contributed by atoms with van der Waals surface area (Å²) in [6, 6.07) is 4.65. The molecule has 3 unspecified atom stereocenters.